The second-order valence-electron chi connectivity index (χ2n) is 4.23. The number of pyridine rings is 1. The van der Waals surface area contributed by atoms with Crippen molar-refractivity contribution in [2.24, 2.45) is 0 Å². The standard InChI is InChI=1S/C15H10N2O/c1-10(18)11-5-6-12-13(9-16)14-4-2-3-7-17(14)15(12)8-11/h2-8H,1H3. The predicted molar refractivity (Wildman–Crippen MR) is 69.6 cm³/mol. The van der Waals surface area contributed by atoms with E-state index in [0.29, 0.717) is 11.1 Å². The first-order chi connectivity index (χ1) is 8.72. The van der Waals surface area contributed by atoms with Crippen molar-refractivity contribution in [2.75, 3.05) is 0 Å². The van der Waals surface area contributed by atoms with Gasteiger partial charge in [0.1, 0.15) is 6.07 Å². The SMILES string of the molecule is CC(=O)c1ccc2c(C#N)c3ccccn3c2c1. The molecule has 0 saturated heterocycles. The van der Waals surface area contributed by atoms with Gasteiger partial charge in [0.2, 0.25) is 0 Å². The first-order valence-corrected chi connectivity index (χ1v) is 5.66. The molecule has 3 aromatic rings. The Bertz CT molecular complexity index is 821. The Labute approximate surface area is 104 Å². The van der Waals surface area contributed by atoms with E-state index in [1.165, 1.54) is 0 Å². The molecule has 2 aromatic heterocycles. The van der Waals surface area contributed by atoms with E-state index < -0.39 is 0 Å². The number of Topliss-reactive ketones (excluding diaryl/α,β-unsaturated/α-hetero) is 1. The summed E-state index contributed by atoms with van der Waals surface area (Å²) < 4.78 is 1.94. The molecule has 0 bridgehead atoms. The number of fused-ring (bicyclic) bond motifs is 3. The second kappa shape index (κ2) is 3.71. The van der Waals surface area contributed by atoms with Gasteiger partial charge in [-0.1, -0.05) is 18.2 Å². The Morgan fingerprint density at radius 2 is 2.06 bits per heavy atom. The Kier molecular flexibility index (Phi) is 2.17. The molecule has 0 aliphatic carbocycles. The number of hydrogen-bond acceptors (Lipinski definition) is 2. The summed E-state index contributed by atoms with van der Waals surface area (Å²) in [4.78, 5) is 11.4. The fourth-order valence-corrected chi connectivity index (χ4v) is 2.27. The number of ketones is 1. The number of carbonyl (C=O) groups is 1. The van der Waals surface area contributed by atoms with Gasteiger partial charge in [-0.25, -0.2) is 0 Å². The summed E-state index contributed by atoms with van der Waals surface area (Å²) in [6, 6.07) is 13.4. The normalized spacial score (nSPS) is 10.7. The highest BCUT2D eigenvalue weighted by Gasteiger charge is 2.12. The molecule has 86 valence electrons. The maximum Gasteiger partial charge on any atom is 0.159 e. The zero-order chi connectivity index (χ0) is 12.7. The third-order valence-corrected chi connectivity index (χ3v) is 3.16. The molecule has 0 N–H and O–H groups in total. The highest BCUT2D eigenvalue weighted by molar-refractivity contribution is 6.01. The van der Waals surface area contributed by atoms with Crippen LogP contribution in [0.2, 0.25) is 0 Å². The molecule has 0 atom stereocenters. The van der Waals surface area contributed by atoms with E-state index in [4.69, 9.17) is 0 Å². The summed E-state index contributed by atoms with van der Waals surface area (Å²) in [7, 11) is 0. The Morgan fingerprint density at radius 1 is 1.22 bits per heavy atom. The van der Waals surface area contributed by atoms with E-state index in [1.54, 1.807) is 13.0 Å². The number of rotatable bonds is 1. The summed E-state index contributed by atoms with van der Waals surface area (Å²) in [5.41, 5.74) is 3.08. The number of nitrogens with zero attached hydrogens (tertiary/aromatic N) is 2. The molecular formula is C15H10N2O. The van der Waals surface area contributed by atoms with Crippen LogP contribution in [0.5, 0.6) is 0 Å². The topological polar surface area (TPSA) is 45.3 Å². The molecule has 0 aliphatic rings. The van der Waals surface area contributed by atoms with Gasteiger partial charge in [-0.05, 0) is 25.1 Å². The molecule has 0 amide bonds. The second-order valence-corrected chi connectivity index (χ2v) is 4.23. The smallest absolute Gasteiger partial charge is 0.159 e. The third-order valence-electron chi connectivity index (χ3n) is 3.16. The van der Waals surface area contributed by atoms with E-state index in [2.05, 4.69) is 6.07 Å². The van der Waals surface area contributed by atoms with Crippen molar-refractivity contribution in [1.82, 2.24) is 4.40 Å². The molecule has 1 aromatic carbocycles. The molecule has 0 spiro atoms. The average molecular weight is 234 g/mol. The van der Waals surface area contributed by atoms with E-state index >= 15 is 0 Å². The minimum atomic E-state index is 0.0290. The van der Waals surface area contributed by atoms with Gasteiger partial charge in [0, 0.05) is 17.1 Å². The van der Waals surface area contributed by atoms with Crippen LogP contribution < -0.4 is 0 Å². The van der Waals surface area contributed by atoms with Crippen LogP contribution in [0.15, 0.2) is 42.6 Å². The first-order valence-electron chi connectivity index (χ1n) is 5.66. The Balaban J connectivity index is 2.53. The molecule has 3 nitrogen and oxygen atoms in total. The third kappa shape index (κ3) is 1.33. The molecule has 0 fully saturated rings. The van der Waals surface area contributed by atoms with Crippen LogP contribution in [-0.4, -0.2) is 10.2 Å². The lowest BCUT2D eigenvalue weighted by Gasteiger charge is -1.98. The van der Waals surface area contributed by atoms with E-state index in [1.807, 2.05) is 40.9 Å². The number of nitriles is 1. The van der Waals surface area contributed by atoms with Crippen LogP contribution in [0.4, 0.5) is 0 Å². The molecule has 2 heterocycles. The van der Waals surface area contributed by atoms with Crippen LogP contribution >= 0.6 is 0 Å². The van der Waals surface area contributed by atoms with Gasteiger partial charge < -0.3 is 4.40 Å². The van der Waals surface area contributed by atoms with E-state index in [-0.39, 0.29) is 5.78 Å². The minimum Gasteiger partial charge on any atom is -0.315 e. The lowest BCUT2D eigenvalue weighted by Crippen LogP contribution is -1.91. The van der Waals surface area contributed by atoms with Gasteiger partial charge in [0.05, 0.1) is 16.6 Å². The van der Waals surface area contributed by atoms with Crippen molar-refractivity contribution >= 4 is 22.2 Å². The fraction of sp³-hybridized carbons (Fsp3) is 0.0667. The zero-order valence-electron chi connectivity index (χ0n) is 9.84. The number of hydrogen-bond donors (Lipinski definition) is 0. The molecular weight excluding hydrogens is 224 g/mol. The number of carbonyl (C=O) groups excluding carboxylic acids is 1. The van der Waals surface area contributed by atoms with Crippen molar-refractivity contribution in [1.29, 1.82) is 5.26 Å². The summed E-state index contributed by atoms with van der Waals surface area (Å²) in [5.74, 6) is 0.0290. The fourth-order valence-electron chi connectivity index (χ4n) is 2.27. The summed E-state index contributed by atoms with van der Waals surface area (Å²) in [5, 5.41) is 10.2. The molecule has 0 unspecified atom stereocenters. The maximum absolute atomic E-state index is 11.4. The lowest BCUT2D eigenvalue weighted by molar-refractivity contribution is 0.101. The van der Waals surface area contributed by atoms with Crippen molar-refractivity contribution in [2.45, 2.75) is 6.92 Å². The molecule has 0 saturated carbocycles. The van der Waals surface area contributed by atoms with Crippen LogP contribution in [0.25, 0.3) is 16.4 Å². The quantitative estimate of drug-likeness (QED) is 0.607. The minimum absolute atomic E-state index is 0.0290. The van der Waals surface area contributed by atoms with Crippen molar-refractivity contribution < 1.29 is 4.79 Å². The van der Waals surface area contributed by atoms with Gasteiger partial charge in [0.25, 0.3) is 0 Å². The Morgan fingerprint density at radius 3 is 2.78 bits per heavy atom. The predicted octanol–water partition coefficient (Wildman–Crippen LogP) is 3.17. The van der Waals surface area contributed by atoms with E-state index in [9.17, 15) is 10.1 Å². The first kappa shape index (κ1) is 10.5. The van der Waals surface area contributed by atoms with E-state index in [0.717, 1.165) is 16.4 Å². The van der Waals surface area contributed by atoms with Crippen LogP contribution in [-0.2, 0) is 0 Å². The lowest BCUT2D eigenvalue weighted by atomic mass is 10.1. The van der Waals surface area contributed by atoms with Gasteiger partial charge in [-0.2, -0.15) is 5.26 Å². The summed E-state index contributed by atoms with van der Waals surface area (Å²) >= 11 is 0. The summed E-state index contributed by atoms with van der Waals surface area (Å²) in [6.07, 6.45) is 1.91. The van der Waals surface area contributed by atoms with Gasteiger partial charge >= 0.3 is 0 Å². The maximum atomic E-state index is 11.4. The zero-order valence-corrected chi connectivity index (χ0v) is 9.84. The largest absolute Gasteiger partial charge is 0.315 e. The summed E-state index contributed by atoms with van der Waals surface area (Å²) in [6.45, 7) is 1.54. The van der Waals surface area contributed by atoms with Crippen LogP contribution in [0, 0.1) is 11.3 Å². The average Bonchev–Trinajstić information content (AvgIpc) is 2.71. The molecule has 3 rings (SSSR count). The van der Waals surface area contributed by atoms with Crippen molar-refractivity contribution in [3.05, 3.63) is 53.7 Å². The number of aromatic nitrogens is 1. The molecule has 0 aliphatic heterocycles. The molecule has 3 heteroatoms. The highest BCUT2D eigenvalue weighted by Crippen LogP contribution is 2.26. The number of benzene rings is 1. The molecule has 18 heavy (non-hydrogen) atoms. The van der Waals surface area contributed by atoms with Gasteiger partial charge in [-0.15, -0.1) is 0 Å². The highest BCUT2D eigenvalue weighted by atomic mass is 16.1. The molecule has 0 radical (unpaired) electrons. The van der Waals surface area contributed by atoms with Crippen LogP contribution in [0.1, 0.15) is 22.8 Å². The van der Waals surface area contributed by atoms with Gasteiger partial charge in [-0.3, -0.25) is 4.79 Å². The van der Waals surface area contributed by atoms with Crippen molar-refractivity contribution in [3.63, 3.8) is 0 Å². The van der Waals surface area contributed by atoms with Crippen molar-refractivity contribution in [3.8, 4) is 6.07 Å². The monoisotopic (exact) mass is 234 g/mol. The Hall–Kier alpha value is -2.60. The van der Waals surface area contributed by atoms with Gasteiger partial charge in [0.15, 0.2) is 5.78 Å². The van der Waals surface area contributed by atoms with Crippen LogP contribution in [0.3, 0.4) is 0 Å².